The third kappa shape index (κ3) is 2.80. The van der Waals surface area contributed by atoms with Gasteiger partial charge in [0.2, 0.25) is 0 Å². The van der Waals surface area contributed by atoms with E-state index in [4.69, 9.17) is 4.42 Å². The summed E-state index contributed by atoms with van der Waals surface area (Å²) >= 11 is 0. The smallest absolute Gasteiger partial charge is 0.307 e. The maximum atomic E-state index is 13.3. The standard InChI is InChI=1S/C17H17F2N3O2/c18-12-2-1-11(7-13(12)19)15-8-20-17(24-15)16(23)21-14-9-22-5-3-10(14)4-6-22/h1-2,7-8,10,14H,3-6,9H2,(H,21,23). The molecule has 3 fully saturated rings. The highest BCUT2D eigenvalue weighted by Crippen LogP contribution is 2.28. The van der Waals surface area contributed by atoms with Crippen LogP contribution >= 0.6 is 0 Å². The van der Waals surface area contributed by atoms with E-state index in [-0.39, 0.29) is 23.6 Å². The average molecular weight is 333 g/mol. The first-order chi connectivity index (χ1) is 11.6. The molecule has 126 valence electrons. The van der Waals surface area contributed by atoms with Gasteiger partial charge in [0.1, 0.15) is 0 Å². The monoisotopic (exact) mass is 333 g/mol. The van der Waals surface area contributed by atoms with Crippen LogP contribution in [0.3, 0.4) is 0 Å². The van der Waals surface area contributed by atoms with Crippen molar-refractivity contribution in [3.63, 3.8) is 0 Å². The summed E-state index contributed by atoms with van der Waals surface area (Å²) in [6, 6.07) is 3.53. The summed E-state index contributed by atoms with van der Waals surface area (Å²) in [6.07, 6.45) is 3.53. The van der Waals surface area contributed by atoms with Gasteiger partial charge in [-0.15, -0.1) is 0 Å². The molecule has 1 N–H and O–H groups in total. The Morgan fingerprint density at radius 1 is 1.25 bits per heavy atom. The maximum absolute atomic E-state index is 13.3. The molecule has 4 heterocycles. The van der Waals surface area contributed by atoms with Gasteiger partial charge in [0, 0.05) is 18.2 Å². The fourth-order valence-electron chi connectivity index (χ4n) is 3.52. The number of aromatic nitrogens is 1. The van der Waals surface area contributed by atoms with E-state index in [1.54, 1.807) is 0 Å². The molecule has 2 aromatic rings. The number of oxazole rings is 1. The predicted molar refractivity (Wildman–Crippen MR) is 82.3 cm³/mol. The molecular formula is C17H17F2N3O2. The molecule has 0 saturated carbocycles. The van der Waals surface area contributed by atoms with Crippen LogP contribution in [0.1, 0.15) is 23.5 Å². The van der Waals surface area contributed by atoms with Gasteiger partial charge in [-0.2, -0.15) is 0 Å². The third-order valence-electron chi connectivity index (χ3n) is 4.88. The van der Waals surface area contributed by atoms with Crippen LogP contribution in [-0.2, 0) is 0 Å². The van der Waals surface area contributed by atoms with E-state index in [0.717, 1.165) is 44.6 Å². The summed E-state index contributed by atoms with van der Waals surface area (Å²) < 4.78 is 31.7. The number of nitrogens with zero attached hydrogens (tertiary/aromatic N) is 2. The predicted octanol–water partition coefficient (Wildman–Crippen LogP) is 2.44. The van der Waals surface area contributed by atoms with Gasteiger partial charge in [-0.1, -0.05) is 0 Å². The highest BCUT2D eigenvalue weighted by molar-refractivity contribution is 5.90. The van der Waals surface area contributed by atoms with Crippen LogP contribution in [-0.4, -0.2) is 41.5 Å². The number of carbonyl (C=O) groups is 1. The summed E-state index contributed by atoms with van der Waals surface area (Å²) in [5.74, 6) is -1.61. The number of halogens is 2. The zero-order valence-corrected chi connectivity index (χ0v) is 13.0. The van der Waals surface area contributed by atoms with Crippen LogP contribution in [0.2, 0.25) is 0 Å². The third-order valence-corrected chi connectivity index (χ3v) is 4.88. The van der Waals surface area contributed by atoms with Crippen molar-refractivity contribution in [1.29, 1.82) is 0 Å². The molecule has 3 aliphatic heterocycles. The van der Waals surface area contributed by atoms with Crippen LogP contribution in [0.15, 0.2) is 28.8 Å². The molecule has 5 nitrogen and oxygen atoms in total. The second kappa shape index (κ2) is 5.98. The number of rotatable bonds is 3. The van der Waals surface area contributed by atoms with E-state index in [1.165, 1.54) is 12.3 Å². The van der Waals surface area contributed by atoms with Crippen LogP contribution in [0.25, 0.3) is 11.3 Å². The molecular weight excluding hydrogens is 316 g/mol. The van der Waals surface area contributed by atoms with Gasteiger partial charge in [0.25, 0.3) is 5.89 Å². The highest BCUT2D eigenvalue weighted by atomic mass is 19.2. The van der Waals surface area contributed by atoms with Crippen molar-refractivity contribution in [3.05, 3.63) is 41.9 Å². The Kier molecular flexibility index (Phi) is 3.80. The van der Waals surface area contributed by atoms with Crippen LogP contribution in [0, 0.1) is 17.6 Å². The number of hydrogen-bond donors (Lipinski definition) is 1. The second-order valence-electron chi connectivity index (χ2n) is 6.38. The van der Waals surface area contributed by atoms with E-state index < -0.39 is 11.6 Å². The fraction of sp³-hybridized carbons (Fsp3) is 0.412. The van der Waals surface area contributed by atoms with Crippen molar-refractivity contribution in [3.8, 4) is 11.3 Å². The van der Waals surface area contributed by atoms with E-state index in [9.17, 15) is 13.6 Å². The molecule has 1 aromatic carbocycles. The van der Waals surface area contributed by atoms with Crippen molar-refractivity contribution in [2.45, 2.75) is 18.9 Å². The maximum Gasteiger partial charge on any atom is 0.307 e. The molecule has 0 aliphatic carbocycles. The van der Waals surface area contributed by atoms with Crippen molar-refractivity contribution < 1.29 is 18.0 Å². The molecule has 1 unspecified atom stereocenters. The van der Waals surface area contributed by atoms with E-state index in [1.807, 2.05) is 0 Å². The topological polar surface area (TPSA) is 58.4 Å². The Labute approximate surface area is 137 Å². The molecule has 7 heteroatoms. The molecule has 0 radical (unpaired) electrons. The van der Waals surface area contributed by atoms with Gasteiger partial charge < -0.3 is 14.6 Å². The largest absolute Gasteiger partial charge is 0.432 e. The molecule has 2 bridgehead atoms. The Morgan fingerprint density at radius 3 is 2.71 bits per heavy atom. The van der Waals surface area contributed by atoms with Crippen molar-refractivity contribution >= 4 is 5.91 Å². The van der Waals surface area contributed by atoms with Gasteiger partial charge in [-0.05, 0) is 50.0 Å². The number of amides is 1. The molecule has 0 spiro atoms. The van der Waals surface area contributed by atoms with Gasteiger partial charge >= 0.3 is 5.91 Å². The van der Waals surface area contributed by atoms with E-state index in [0.29, 0.717) is 11.5 Å². The molecule has 3 aliphatic rings. The van der Waals surface area contributed by atoms with Crippen molar-refractivity contribution in [1.82, 2.24) is 15.2 Å². The lowest BCUT2D eigenvalue weighted by atomic mass is 9.84. The van der Waals surface area contributed by atoms with Crippen molar-refractivity contribution in [2.75, 3.05) is 19.6 Å². The molecule has 24 heavy (non-hydrogen) atoms. The first kappa shape index (κ1) is 15.3. The average Bonchev–Trinajstić information content (AvgIpc) is 3.09. The number of benzene rings is 1. The number of piperidine rings is 3. The summed E-state index contributed by atoms with van der Waals surface area (Å²) in [5, 5.41) is 2.98. The number of hydrogen-bond acceptors (Lipinski definition) is 4. The number of carbonyl (C=O) groups excluding carboxylic acids is 1. The zero-order valence-electron chi connectivity index (χ0n) is 13.0. The molecule has 1 atom stereocenters. The first-order valence-corrected chi connectivity index (χ1v) is 8.04. The summed E-state index contributed by atoms with van der Waals surface area (Å²) in [6.45, 7) is 3.04. The highest BCUT2D eigenvalue weighted by Gasteiger charge is 2.35. The minimum absolute atomic E-state index is 0.0637. The summed E-state index contributed by atoms with van der Waals surface area (Å²) in [4.78, 5) is 18.6. The van der Waals surface area contributed by atoms with Gasteiger partial charge in [-0.25, -0.2) is 13.8 Å². The minimum Gasteiger partial charge on any atom is -0.432 e. The SMILES string of the molecule is O=C(NC1CN2CCC1CC2)c1ncc(-c2ccc(F)c(F)c2)o1. The lowest BCUT2D eigenvalue weighted by Gasteiger charge is -2.44. The fourth-order valence-corrected chi connectivity index (χ4v) is 3.52. The van der Waals surface area contributed by atoms with Crippen molar-refractivity contribution in [2.24, 2.45) is 5.92 Å². The lowest BCUT2D eigenvalue weighted by Crippen LogP contribution is -2.57. The Morgan fingerprint density at radius 2 is 2.04 bits per heavy atom. The minimum atomic E-state index is -0.970. The van der Waals surface area contributed by atoms with Crippen LogP contribution in [0.5, 0.6) is 0 Å². The van der Waals surface area contributed by atoms with Gasteiger partial charge in [0.15, 0.2) is 17.4 Å². The van der Waals surface area contributed by atoms with Crippen LogP contribution in [0.4, 0.5) is 8.78 Å². The number of nitrogens with one attached hydrogen (secondary N) is 1. The second-order valence-corrected chi connectivity index (χ2v) is 6.38. The van der Waals surface area contributed by atoms with E-state index >= 15 is 0 Å². The Hall–Kier alpha value is -2.28. The quantitative estimate of drug-likeness (QED) is 0.937. The summed E-state index contributed by atoms with van der Waals surface area (Å²) in [7, 11) is 0. The number of fused-ring (bicyclic) bond motifs is 3. The molecule has 1 aromatic heterocycles. The Bertz CT molecular complexity index is 769. The molecule has 3 saturated heterocycles. The van der Waals surface area contributed by atoms with Crippen LogP contribution < -0.4 is 5.32 Å². The normalized spacial score (nSPS) is 25.7. The molecule has 1 amide bonds. The lowest BCUT2D eigenvalue weighted by molar-refractivity contribution is 0.0602. The van der Waals surface area contributed by atoms with Gasteiger partial charge in [0.05, 0.1) is 6.20 Å². The molecule has 5 rings (SSSR count). The first-order valence-electron chi connectivity index (χ1n) is 8.04. The Balaban J connectivity index is 1.48. The van der Waals surface area contributed by atoms with Gasteiger partial charge in [-0.3, -0.25) is 4.79 Å². The summed E-state index contributed by atoms with van der Waals surface area (Å²) in [5.41, 5.74) is 0.336. The van der Waals surface area contributed by atoms with E-state index in [2.05, 4.69) is 15.2 Å². The zero-order chi connectivity index (χ0) is 16.7.